The number of rotatable bonds is 3. The van der Waals surface area contributed by atoms with Crippen LogP contribution in [0.25, 0.3) is 0 Å². The highest BCUT2D eigenvalue weighted by Crippen LogP contribution is 2.11. The summed E-state index contributed by atoms with van der Waals surface area (Å²) in [5.74, 6) is 0.0630. The van der Waals surface area contributed by atoms with Gasteiger partial charge in [-0.25, -0.2) is 0 Å². The van der Waals surface area contributed by atoms with Gasteiger partial charge in [0, 0.05) is 43.3 Å². The molecular formula is C16H22N2O2. The fourth-order valence-corrected chi connectivity index (χ4v) is 2.54. The molecule has 0 aliphatic carbocycles. The zero-order valence-corrected chi connectivity index (χ0v) is 12.2. The molecule has 0 bridgehead atoms. The molecule has 2 rings (SSSR count). The third-order valence-corrected chi connectivity index (χ3v) is 3.84. The third kappa shape index (κ3) is 3.45. The molecule has 1 fully saturated rings. The number of benzene rings is 1. The summed E-state index contributed by atoms with van der Waals surface area (Å²) in [6.07, 6.45) is 1.80. The highest BCUT2D eigenvalue weighted by Gasteiger charge is 2.21. The largest absolute Gasteiger partial charge is 0.337 e. The quantitative estimate of drug-likeness (QED) is 0.792. The number of hydrogen-bond donors (Lipinski definition) is 0. The number of aldehydes is 1. The van der Waals surface area contributed by atoms with Crippen molar-refractivity contribution in [2.45, 2.75) is 26.3 Å². The fourth-order valence-electron chi connectivity index (χ4n) is 2.54. The summed E-state index contributed by atoms with van der Waals surface area (Å²) in [6.45, 7) is 7.93. The molecule has 1 saturated heterocycles. The number of hydrogen-bond acceptors (Lipinski definition) is 3. The Labute approximate surface area is 120 Å². The molecule has 4 heteroatoms. The fraction of sp³-hybridized carbons (Fsp3) is 0.500. The van der Waals surface area contributed by atoms with E-state index in [4.69, 9.17) is 0 Å². The summed E-state index contributed by atoms with van der Waals surface area (Å²) in [5.41, 5.74) is 1.26. The SMILES string of the molecule is CC(C)N1CCCN(C(=O)c2ccc(C=O)cc2)CC1. The van der Waals surface area contributed by atoms with E-state index < -0.39 is 0 Å². The molecule has 1 amide bonds. The Kier molecular flexibility index (Phi) is 4.90. The molecule has 108 valence electrons. The molecule has 0 saturated carbocycles. The molecule has 0 spiro atoms. The van der Waals surface area contributed by atoms with Gasteiger partial charge in [-0.2, -0.15) is 0 Å². The van der Waals surface area contributed by atoms with Crippen molar-refractivity contribution in [2.24, 2.45) is 0 Å². The predicted octanol–water partition coefficient (Wildman–Crippen LogP) is 2.06. The minimum atomic E-state index is 0.0630. The Morgan fingerprint density at radius 2 is 1.80 bits per heavy atom. The van der Waals surface area contributed by atoms with Gasteiger partial charge >= 0.3 is 0 Å². The lowest BCUT2D eigenvalue weighted by Crippen LogP contribution is -2.37. The van der Waals surface area contributed by atoms with Gasteiger partial charge in [0.15, 0.2) is 0 Å². The molecule has 4 nitrogen and oxygen atoms in total. The summed E-state index contributed by atoms with van der Waals surface area (Å²) < 4.78 is 0. The number of carbonyl (C=O) groups excluding carboxylic acids is 2. The number of carbonyl (C=O) groups is 2. The standard InChI is InChI=1S/C16H22N2O2/c1-13(2)17-8-3-9-18(11-10-17)16(20)15-6-4-14(12-19)5-7-15/h4-7,12-13H,3,8-11H2,1-2H3. The van der Waals surface area contributed by atoms with Crippen molar-refractivity contribution in [2.75, 3.05) is 26.2 Å². The molecular weight excluding hydrogens is 252 g/mol. The second kappa shape index (κ2) is 6.66. The van der Waals surface area contributed by atoms with E-state index in [0.717, 1.165) is 38.9 Å². The first-order chi connectivity index (χ1) is 9.61. The Morgan fingerprint density at radius 1 is 1.10 bits per heavy atom. The Morgan fingerprint density at radius 3 is 2.40 bits per heavy atom. The molecule has 1 aromatic carbocycles. The molecule has 0 N–H and O–H groups in total. The van der Waals surface area contributed by atoms with Crippen molar-refractivity contribution >= 4 is 12.2 Å². The van der Waals surface area contributed by atoms with E-state index in [1.54, 1.807) is 24.3 Å². The van der Waals surface area contributed by atoms with Crippen LogP contribution in [0.5, 0.6) is 0 Å². The van der Waals surface area contributed by atoms with Gasteiger partial charge in [0.1, 0.15) is 6.29 Å². The van der Waals surface area contributed by atoms with E-state index in [9.17, 15) is 9.59 Å². The lowest BCUT2D eigenvalue weighted by molar-refractivity contribution is 0.0759. The smallest absolute Gasteiger partial charge is 0.253 e. The van der Waals surface area contributed by atoms with Crippen LogP contribution in [-0.2, 0) is 0 Å². The van der Waals surface area contributed by atoms with Crippen LogP contribution in [0, 0.1) is 0 Å². The van der Waals surface area contributed by atoms with E-state index in [-0.39, 0.29) is 5.91 Å². The molecule has 0 unspecified atom stereocenters. The second-order valence-corrected chi connectivity index (χ2v) is 5.52. The third-order valence-electron chi connectivity index (χ3n) is 3.84. The molecule has 1 aliphatic heterocycles. The van der Waals surface area contributed by atoms with Gasteiger partial charge in [0.25, 0.3) is 5.91 Å². The second-order valence-electron chi connectivity index (χ2n) is 5.52. The van der Waals surface area contributed by atoms with E-state index in [1.807, 2.05) is 4.90 Å². The molecule has 1 aromatic rings. The molecule has 1 aliphatic rings. The zero-order valence-electron chi connectivity index (χ0n) is 12.2. The van der Waals surface area contributed by atoms with Crippen molar-refractivity contribution < 1.29 is 9.59 Å². The molecule has 0 aromatic heterocycles. The Balaban J connectivity index is 2.03. The normalized spacial score (nSPS) is 17.1. The highest BCUT2D eigenvalue weighted by atomic mass is 16.2. The van der Waals surface area contributed by atoms with Crippen molar-refractivity contribution in [3.8, 4) is 0 Å². The van der Waals surface area contributed by atoms with Crippen LogP contribution in [0.2, 0.25) is 0 Å². The average Bonchev–Trinajstić information content (AvgIpc) is 2.72. The summed E-state index contributed by atoms with van der Waals surface area (Å²) in [7, 11) is 0. The van der Waals surface area contributed by atoms with Gasteiger partial charge in [-0.3, -0.25) is 14.5 Å². The number of amides is 1. The first-order valence-corrected chi connectivity index (χ1v) is 7.20. The van der Waals surface area contributed by atoms with E-state index in [1.165, 1.54) is 0 Å². The lowest BCUT2D eigenvalue weighted by atomic mass is 10.1. The maximum atomic E-state index is 12.4. The van der Waals surface area contributed by atoms with Gasteiger partial charge in [-0.1, -0.05) is 12.1 Å². The molecule has 0 radical (unpaired) electrons. The van der Waals surface area contributed by atoms with Crippen molar-refractivity contribution in [1.29, 1.82) is 0 Å². The van der Waals surface area contributed by atoms with Crippen molar-refractivity contribution in [1.82, 2.24) is 9.80 Å². The van der Waals surface area contributed by atoms with Crippen LogP contribution >= 0.6 is 0 Å². The van der Waals surface area contributed by atoms with Gasteiger partial charge < -0.3 is 4.90 Å². The van der Waals surface area contributed by atoms with E-state index >= 15 is 0 Å². The molecule has 20 heavy (non-hydrogen) atoms. The Bertz CT molecular complexity index is 468. The van der Waals surface area contributed by atoms with Crippen LogP contribution < -0.4 is 0 Å². The summed E-state index contributed by atoms with van der Waals surface area (Å²) in [4.78, 5) is 27.4. The highest BCUT2D eigenvalue weighted by molar-refractivity contribution is 5.94. The van der Waals surface area contributed by atoms with Crippen LogP contribution in [0.15, 0.2) is 24.3 Å². The summed E-state index contributed by atoms with van der Waals surface area (Å²) >= 11 is 0. The van der Waals surface area contributed by atoms with E-state index in [0.29, 0.717) is 17.2 Å². The van der Waals surface area contributed by atoms with Crippen LogP contribution in [-0.4, -0.2) is 54.2 Å². The molecule has 0 atom stereocenters. The van der Waals surface area contributed by atoms with Crippen LogP contribution in [0.1, 0.15) is 41.0 Å². The molecule has 1 heterocycles. The summed E-state index contributed by atoms with van der Waals surface area (Å²) in [6, 6.07) is 7.38. The van der Waals surface area contributed by atoms with Gasteiger partial charge in [-0.15, -0.1) is 0 Å². The zero-order chi connectivity index (χ0) is 14.5. The maximum absolute atomic E-state index is 12.4. The minimum absolute atomic E-state index is 0.0630. The van der Waals surface area contributed by atoms with Gasteiger partial charge in [-0.05, 0) is 32.4 Å². The minimum Gasteiger partial charge on any atom is -0.337 e. The van der Waals surface area contributed by atoms with Gasteiger partial charge in [0.2, 0.25) is 0 Å². The average molecular weight is 274 g/mol. The van der Waals surface area contributed by atoms with Crippen LogP contribution in [0.3, 0.4) is 0 Å². The predicted molar refractivity (Wildman–Crippen MR) is 79.1 cm³/mol. The Hall–Kier alpha value is -1.68. The maximum Gasteiger partial charge on any atom is 0.253 e. The van der Waals surface area contributed by atoms with Crippen LogP contribution in [0.4, 0.5) is 0 Å². The monoisotopic (exact) mass is 274 g/mol. The van der Waals surface area contributed by atoms with Gasteiger partial charge in [0.05, 0.1) is 0 Å². The van der Waals surface area contributed by atoms with E-state index in [2.05, 4.69) is 18.7 Å². The first kappa shape index (κ1) is 14.7. The summed E-state index contributed by atoms with van der Waals surface area (Å²) in [5, 5.41) is 0. The van der Waals surface area contributed by atoms with Crippen molar-refractivity contribution in [3.63, 3.8) is 0 Å². The number of nitrogens with zero attached hydrogens (tertiary/aromatic N) is 2. The topological polar surface area (TPSA) is 40.6 Å². The first-order valence-electron chi connectivity index (χ1n) is 7.20. The lowest BCUT2D eigenvalue weighted by Gasteiger charge is -2.25. The van der Waals surface area contributed by atoms with Crippen molar-refractivity contribution in [3.05, 3.63) is 35.4 Å².